The molecule has 2 N–H and O–H groups in total. The highest BCUT2D eigenvalue weighted by atomic mass is 79.9. The molecule has 170 valence electrons. The molecule has 0 saturated carbocycles. The van der Waals surface area contributed by atoms with Crippen molar-refractivity contribution in [3.8, 4) is 0 Å². The number of amidine groups is 2. The van der Waals surface area contributed by atoms with Crippen molar-refractivity contribution in [1.29, 1.82) is 0 Å². The number of carbonyl (C=O) groups excluding carboxylic acids is 1. The summed E-state index contributed by atoms with van der Waals surface area (Å²) < 4.78 is 19.7. The quantitative estimate of drug-likeness (QED) is 0.554. The Morgan fingerprint density at radius 2 is 2.28 bits per heavy atom. The number of carbonyl (C=O) groups is 1. The summed E-state index contributed by atoms with van der Waals surface area (Å²) in [6.07, 6.45) is 3.55. The van der Waals surface area contributed by atoms with Crippen LogP contribution in [0.5, 0.6) is 0 Å². The first-order valence-corrected chi connectivity index (χ1v) is 11.4. The van der Waals surface area contributed by atoms with Crippen LogP contribution in [0.2, 0.25) is 0 Å². The van der Waals surface area contributed by atoms with Gasteiger partial charge >= 0.3 is 5.97 Å². The van der Waals surface area contributed by atoms with E-state index in [2.05, 4.69) is 36.1 Å². The van der Waals surface area contributed by atoms with Gasteiger partial charge in [0, 0.05) is 29.0 Å². The second-order valence-corrected chi connectivity index (χ2v) is 8.56. The van der Waals surface area contributed by atoms with E-state index in [9.17, 15) is 14.3 Å². The third kappa shape index (κ3) is 4.67. The third-order valence-electron chi connectivity index (χ3n) is 5.70. The van der Waals surface area contributed by atoms with Crippen molar-refractivity contribution < 1.29 is 19.0 Å². The summed E-state index contributed by atoms with van der Waals surface area (Å²) in [5.74, 6) is 0.0143. The summed E-state index contributed by atoms with van der Waals surface area (Å²) in [6, 6.07) is 3.59. The zero-order chi connectivity index (χ0) is 22.7. The van der Waals surface area contributed by atoms with Gasteiger partial charge in [-0.2, -0.15) is 0 Å². The number of likely N-dealkylation sites (tertiary alicyclic amines) is 1. The van der Waals surface area contributed by atoms with Crippen molar-refractivity contribution >= 4 is 39.8 Å². The van der Waals surface area contributed by atoms with Crippen LogP contribution in [0.4, 0.5) is 4.39 Å². The van der Waals surface area contributed by atoms with E-state index < -0.39 is 17.8 Å². The average Bonchev–Trinajstić information content (AvgIpc) is 3.45. The van der Waals surface area contributed by atoms with Crippen molar-refractivity contribution in [1.82, 2.24) is 10.2 Å². The van der Waals surface area contributed by atoms with E-state index >= 15 is 0 Å². The van der Waals surface area contributed by atoms with E-state index in [1.165, 1.54) is 12.1 Å². The van der Waals surface area contributed by atoms with Crippen LogP contribution >= 0.6 is 15.9 Å². The molecule has 0 amide bonds. The van der Waals surface area contributed by atoms with E-state index in [1.807, 2.05) is 0 Å². The van der Waals surface area contributed by atoms with Crippen molar-refractivity contribution in [2.75, 3.05) is 32.8 Å². The minimum atomic E-state index is -0.732. The van der Waals surface area contributed by atoms with Crippen LogP contribution in [0.1, 0.15) is 31.4 Å². The number of rotatable bonds is 7. The lowest BCUT2D eigenvalue weighted by Gasteiger charge is -2.31. The van der Waals surface area contributed by atoms with Crippen LogP contribution < -0.4 is 5.32 Å². The second kappa shape index (κ2) is 10.0. The van der Waals surface area contributed by atoms with Crippen LogP contribution in [-0.4, -0.2) is 72.8 Å². The molecule has 0 aliphatic carbocycles. The Balaban J connectivity index is 1.81. The lowest BCUT2D eigenvalue weighted by atomic mass is 9.95. The van der Waals surface area contributed by atoms with Gasteiger partial charge in [0.25, 0.3) is 0 Å². The van der Waals surface area contributed by atoms with Crippen LogP contribution in [0, 0.1) is 5.82 Å². The summed E-state index contributed by atoms with van der Waals surface area (Å²) >= 11 is 3.42. The van der Waals surface area contributed by atoms with Gasteiger partial charge in [-0.1, -0.05) is 22.0 Å². The Morgan fingerprint density at radius 3 is 2.97 bits per heavy atom. The molecule has 10 heteroatoms. The second-order valence-electron chi connectivity index (χ2n) is 7.71. The Hall–Kier alpha value is -2.43. The number of aliphatic hydroxyl groups is 1. The molecule has 2 atom stereocenters. The van der Waals surface area contributed by atoms with Gasteiger partial charge in [-0.05, 0) is 44.0 Å². The zero-order valence-corrected chi connectivity index (χ0v) is 19.3. The Morgan fingerprint density at radius 1 is 1.44 bits per heavy atom. The smallest absolute Gasteiger partial charge is 0.338 e. The monoisotopic (exact) mass is 505 g/mol. The molecular formula is C22H25BrFN5O3. The highest BCUT2D eigenvalue weighted by molar-refractivity contribution is 9.10. The first-order chi connectivity index (χ1) is 15.5. The topological polar surface area (TPSA) is 98.9 Å². The predicted octanol–water partition coefficient (Wildman–Crippen LogP) is 2.39. The minimum Gasteiger partial charge on any atom is -0.463 e. The maximum absolute atomic E-state index is 13.8. The normalized spacial score (nSPS) is 23.2. The first-order valence-electron chi connectivity index (χ1n) is 10.6. The van der Waals surface area contributed by atoms with E-state index in [-0.39, 0.29) is 19.3 Å². The molecule has 1 fully saturated rings. The van der Waals surface area contributed by atoms with Gasteiger partial charge in [-0.15, -0.1) is 0 Å². The SMILES string of the molecule is CCOC(=O)C1=C(CN2CCC[C@H]2CO)NC(C2=NCC=N2)=NC1c1ccc(F)cc1Br. The molecule has 3 aliphatic heterocycles. The van der Waals surface area contributed by atoms with Gasteiger partial charge in [0.1, 0.15) is 11.9 Å². The number of esters is 1. The van der Waals surface area contributed by atoms with Crippen LogP contribution in [0.15, 0.2) is 48.9 Å². The molecule has 32 heavy (non-hydrogen) atoms. The Labute approximate surface area is 194 Å². The van der Waals surface area contributed by atoms with Gasteiger partial charge in [-0.25, -0.2) is 14.2 Å². The fraction of sp³-hybridized carbons (Fsp3) is 0.455. The number of aliphatic imine (C=N–C) groups is 3. The summed E-state index contributed by atoms with van der Waals surface area (Å²) in [6.45, 7) is 3.68. The predicted molar refractivity (Wildman–Crippen MR) is 124 cm³/mol. The first kappa shape index (κ1) is 22.8. The van der Waals surface area contributed by atoms with Gasteiger partial charge < -0.3 is 15.2 Å². The highest BCUT2D eigenvalue weighted by Crippen LogP contribution is 2.37. The maximum atomic E-state index is 13.8. The summed E-state index contributed by atoms with van der Waals surface area (Å²) in [7, 11) is 0. The molecule has 3 heterocycles. The van der Waals surface area contributed by atoms with Gasteiger partial charge in [0.05, 0.1) is 25.3 Å². The van der Waals surface area contributed by atoms with Crippen molar-refractivity contribution in [2.45, 2.75) is 31.8 Å². The number of halogens is 2. The molecule has 0 spiro atoms. The van der Waals surface area contributed by atoms with Crippen molar-refractivity contribution in [3.63, 3.8) is 0 Å². The molecule has 1 unspecified atom stereocenters. The van der Waals surface area contributed by atoms with E-state index in [4.69, 9.17) is 9.73 Å². The van der Waals surface area contributed by atoms with E-state index in [0.29, 0.717) is 46.1 Å². The van der Waals surface area contributed by atoms with Crippen LogP contribution in [0.3, 0.4) is 0 Å². The molecule has 3 aliphatic rings. The minimum absolute atomic E-state index is 0.0212. The molecule has 4 rings (SSSR count). The molecule has 0 bridgehead atoms. The number of benzene rings is 1. The fourth-order valence-electron chi connectivity index (χ4n) is 4.18. The number of nitrogens with one attached hydrogen (secondary N) is 1. The summed E-state index contributed by atoms with van der Waals surface area (Å²) in [5.41, 5.74) is 1.61. The van der Waals surface area contributed by atoms with Crippen molar-refractivity contribution in [3.05, 3.63) is 45.3 Å². The molecule has 0 aromatic heterocycles. The number of ether oxygens (including phenoxy) is 1. The number of aliphatic hydroxyl groups excluding tert-OH is 1. The van der Waals surface area contributed by atoms with E-state index in [1.54, 1.807) is 19.2 Å². The van der Waals surface area contributed by atoms with Gasteiger partial charge in [0.2, 0.25) is 0 Å². The summed E-state index contributed by atoms with van der Waals surface area (Å²) in [5, 5.41) is 13.0. The molecule has 8 nitrogen and oxygen atoms in total. The molecule has 1 saturated heterocycles. The zero-order valence-electron chi connectivity index (χ0n) is 17.7. The largest absolute Gasteiger partial charge is 0.463 e. The number of nitrogens with zero attached hydrogens (tertiary/aromatic N) is 4. The lowest BCUT2D eigenvalue weighted by molar-refractivity contribution is -0.139. The van der Waals surface area contributed by atoms with Crippen molar-refractivity contribution in [2.24, 2.45) is 15.0 Å². The lowest BCUT2D eigenvalue weighted by Crippen LogP contribution is -2.43. The Bertz CT molecular complexity index is 1020. The maximum Gasteiger partial charge on any atom is 0.338 e. The Kier molecular flexibility index (Phi) is 7.12. The number of hydrogen-bond acceptors (Lipinski definition) is 8. The van der Waals surface area contributed by atoms with Crippen LogP contribution in [-0.2, 0) is 9.53 Å². The average molecular weight is 506 g/mol. The summed E-state index contributed by atoms with van der Waals surface area (Å²) in [4.78, 5) is 28.7. The number of hydrogen-bond donors (Lipinski definition) is 2. The molecule has 1 aromatic rings. The van der Waals surface area contributed by atoms with Crippen LogP contribution in [0.25, 0.3) is 0 Å². The fourth-order valence-corrected chi connectivity index (χ4v) is 4.74. The highest BCUT2D eigenvalue weighted by Gasteiger charge is 2.36. The molecule has 0 radical (unpaired) electrons. The molecule has 1 aromatic carbocycles. The van der Waals surface area contributed by atoms with E-state index in [0.717, 1.165) is 19.4 Å². The molecular weight excluding hydrogens is 481 g/mol. The standard InChI is InChI=1S/C22H25BrFN5O3/c1-2-32-22(31)18-17(11-29-9-3-4-14(29)12-30)27-21(20-25-7-8-26-20)28-19(18)15-6-5-13(24)10-16(15)23/h5-7,10,14,19,30H,2-4,8-9,11-12H2,1H3,(H,27,28)/t14-,19?/m0/s1. The third-order valence-corrected chi connectivity index (χ3v) is 6.38. The van der Waals surface area contributed by atoms with Gasteiger partial charge in [0.15, 0.2) is 11.7 Å². The van der Waals surface area contributed by atoms with Gasteiger partial charge in [-0.3, -0.25) is 14.9 Å².